The zero-order chi connectivity index (χ0) is 24.6. The Hall–Kier alpha value is -3.44. The van der Waals surface area contributed by atoms with Crippen LogP contribution in [0.5, 0.6) is 5.75 Å². The molecule has 1 fully saturated rings. The second-order valence-corrected chi connectivity index (χ2v) is 10.7. The molecule has 4 aromatic rings. The highest BCUT2D eigenvalue weighted by Gasteiger charge is 2.29. The van der Waals surface area contributed by atoms with Crippen LogP contribution in [0.3, 0.4) is 0 Å². The van der Waals surface area contributed by atoms with Crippen LogP contribution < -0.4 is 10.8 Å². The molecular weight excluding hydrogens is 468 g/mol. The summed E-state index contributed by atoms with van der Waals surface area (Å²) in [5.41, 5.74) is 2.89. The minimum atomic E-state index is -3.71. The summed E-state index contributed by atoms with van der Waals surface area (Å²) in [4.78, 5) is 4.68. The number of fused-ring (bicyclic) bond motifs is 1. The molecule has 2 aromatic heterocycles. The molecule has 3 heterocycles. The summed E-state index contributed by atoms with van der Waals surface area (Å²) in [5.74, 6) is 0.587. The summed E-state index contributed by atoms with van der Waals surface area (Å²) < 4.78 is 42.5. The van der Waals surface area contributed by atoms with Gasteiger partial charge in [0.05, 0.1) is 10.6 Å². The number of rotatable bonds is 6. The topological polar surface area (TPSA) is 99.8 Å². The van der Waals surface area contributed by atoms with Crippen LogP contribution in [0.25, 0.3) is 16.9 Å². The average molecular weight is 493 g/mol. The third-order valence-electron chi connectivity index (χ3n) is 6.41. The average Bonchev–Trinajstić information content (AvgIpc) is 3.24. The maximum absolute atomic E-state index is 13.5. The van der Waals surface area contributed by atoms with E-state index < -0.39 is 15.8 Å². The molecule has 0 spiro atoms. The zero-order valence-corrected chi connectivity index (χ0v) is 20.0. The predicted octanol–water partition coefficient (Wildman–Crippen LogP) is 2.01. The molecule has 5 rings (SSSR count). The van der Waals surface area contributed by atoms with Gasteiger partial charge in [0.25, 0.3) is 0 Å². The molecule has 2 aromatic carbocycles. The molecule has 1 aliphatic heterocycles. The zero-order valence-electron chi connectivity index (χ0n) is 19.2. The molecule has 0 aliphatic carbocycles. The van der Waals surface area contributed by atoms with Gasteiger partial charge >= 0.3 is 0 Å². The molecule has 180 valence electrons. The number of aromatic hydroxyl groups is 1. The first-order chi connectivity index (χ1) is 16.8. The van der Waals surface area contributed by atoms with E-state index in [0.717, 1.165) is 17.3 Å². The van der Waals surface area contributed by atoms with E-state index in [2.05, 4.69) is 10.4 Å². The fourth-order valence-electron chi connectivity index (χ4n) is 4.41. The van der Waals surface area contributed by atoms with Gasteiger partial charge in [-0.15, -0.1) is 0 Å². The third-order valence-corrected chi connectivity index (χ3v) is 8.30. The summed E-state index contributed by atoms with van der Waals surface area (Å²) >= 11 is 0. The number of para-hydroxylation sites is 1. The summed E-state index contributed by atoms with van der Waals surface area (Å²) in [6.07, 6.45) is 3.11. The van der Waals surface area contributed by atoms with Crippen molar-refractivity contribution in [2.24, 2.45) is 5.92 Å². The first kappa shape index (κ1) is 23.3. The highest BCUT2D eigenvalue weighted by atomic mass is 32.2. The lowest BCUT2D eigenvalue weighted by Crippen LogP contribution is -2.40. The van der Waals surface area contributed by atoms with Crippen LogP contribution in [0, 0.1) is 11.7 Å². The Kier molecular flexibility index (Phi) is 6.20. The van der Waals surface area contributed by atoms with E-state index in [1.165, 1.54) is 22.5 Å². The maximum Gasteiger partial charge on any atom is 0.243 e. The predicted molar refractivity (Wildman–Crippen MR) is 135 cm³/mol. The number of phenolic OH excluding ortho intramolecular Hbond substituents is 1. The number of aromatic nitrogens is 3. The molecule has 0 amide bonds. The minimum absolute atomic E-state index is 0.0148. The molecule has 8 nitrogen and oxygen atoms in total. The Balaban J connectivity index is 1.30. The molecule has 0 unspecified atom stereocenters. The highest BCUT2D eigenvalue weighted by Crippen LogP contribution is 2.30. The lowest BCUT2D eigenvalue weighted by molar-refractivity contribution is 0.282. The normalized spacial score (nSPS) is 15.5. The Morgan fingerprint density at radius 1 is 1.11 bits per heavy atom. The molecule has 0 bridgehead atoms. The fourth-order valence-corrected chi connectivity index (χ4v) is 5.91. The molecule has 0 saturated carbocycles. The van der Waals surface area contributed by atoms with Crippen molar-refractivity contribution in [1.29, 1.82) is 0 Å². The van der Waals surface area contributed by atoms with E-state index in [9.17, 15) is 17.9 Å². The van der Waals surface area contributed by atoms with Gasteiger partial charge in [-0.3, -0.25) is 0 Å². The van der Waals surface area contributed by atoms with Crippen LogP contribution in [0.4, 0.5) is 10.2 Å². The molecule has 1 aliphatic rings. The van der Waals surface area contributed by atoms with E-state index in [1.807, 2.05) is 26.0 Å². The highest BCUT2D eigenvalue weighted by molar-refractivity contribution is 7.89. The smallest absolute Gasteiger partial charge is 0.243 e. The van der Waals surface area contributed by atoms with Crippen molar-refractivity contribution < 1.29 is 17.9 Å². The number of piperidine rings is 1. The van der Waals surface area contributed by atoms with E-state index in [0.29, 0.717) is 49.4 Å². The van der Waals surface area contributed by atoms with Crippen molar-refractivity contribution in [2.45, 2.75) is 17.7 Å². The summed E-state index contributed by atoms with van der Waals surface area (Å²) in [6, 6.07) is 14.1. The van der Waals surface area contributed by atoms with Gasteiger partial charge in [0, 0.05) is 37.5 Å². The SMILES string of the molecule is Bc1cnn2c(NCC3CCN(S(=O)(=O)c4cccc(F)c4)CC3)cc(-c3ccccc3O)nc12. The van der Waals surface area contributed by atoms with Crippen molar-refractivity contribution in [3.8, 4) is 17.0 Å². The lowest BCUT2D eigenvalue weighted by Gasteiger charge is -2.31. The van der Waals surface area contributed by atoms with Crippen LogP contribution in [0.15, 0.2) is 65.7 Å². The molecule has 0 radical (unpaired) electrons. The second kappa shape index (κ2) is 9.31. The quantitative estimate of drug-likeness (QED) is 0.399. The summed E-state index contributed by atoms with van der Waals surface area (Å²) in [7, 11) is -1.78. The largest absolute Gasteiger partial charge is 0.507 e. The van der Waals surface area contributed by atoms with Crippen LogP contribution in [-0.4, -0.2) is 59.9 Å². The van der Waals surface area contributed by atoms with Crippen molar-refractivity contribution >= 4 is 34.8 Å². The minimum Gasteiger partial charge on any atom is -0.507 e. The number of benzene rings is 2. The molecule has 0 atom stereocenters. The van der Waals surface area contributed by atoms with Gasteiger partial charge in [-0.05, 0) is 54.6 Å². The summed E-state index contributed by atoms with van der Waals surface area (Å²) in [6.45, 7) is 1.38. The van der Waals surface area contributed by atoms with Gasteiger partial charge < -0.3 is 10.4 Å². The van der Waals surface area contributed by atoms with Crippen LogP contribution in [0.2, 0.25) is 0 Å². The summed E-state index contributed by atoms with van der Waals surface area (Å²) in [5, 5.41) is 18.2. The van der Waals surface area contributed by atoms with Gasteiger partial charge in [-0.1, -0.05) is 18.2 Å². The number of anilines is 1. The van der Waals surface area contributed by atoms with Gasteiger partial charge in [0.2, 0.25) is 10.0 Å². The number of hydrogen-bond donors (Lipinski definition) is 2. The van der Waals surface area contributed by atoms with E-state index in [-0.39, 0.29) is 16.6 Å². The van der Waals surface area contributed by atoms with Crippen LogP contribution >= 0.6 is 0 Å². The van der Waals surface area contributed by atoms with Gasteiger partial charge in [0.1, 0.15) is 25.2 Å². The Bertz CT molecular complexity index is 1490. The standard InChI is InChI=1S/C24H25BFN5O3S/c25-20-15-28-31-23(13-21(29-24(20)31)19-6-1-2-7-22(19)32)27-14-16-8-10-30(11-9-16)35(33,34)18-5-3-4-17(26)12-18/h1-7,12-13,15-16,27,32H,8-11,14,25H2. The van der Waals surface area contributed by atoms with Gasteiger partial charge in [0.15, 0.2) is 5.65 Å². The molecule has 2 N–H and O–H groups in total. The van der Waals surface area contributed by atoms with Crippen LogP contribution in [0.1, 0.15) is 12.8 Å². The molecule has 35 heavy (non-hydrogen) atoms. The number of nitrogens with one attached hydrogen (secondary N) is 1. The van der Waals surface area contributed by atoms with Gasteiger partial charge in [-0.2, -0.15) is 13.9 Å². The number of sulfonamides is 1. The second-order valence-electron chi connectivity index (χ2n) is 8.79. The lowest BCUT2D eigenvalue weighted by atomic mass is 9.98. The van der Waals surface area contributed by atoms with Gasteiger partial charge in [-0.25, -0.2) is 17.8 Å². The first-order valence-corrected chi connectivity index (χ1v) is 12.9. The molecule has 1 saturated heterocycles. The van der Waals surface area contributed by atoms with E-state index >= 15 is 0 Å². The number of hydrogen-bond acceptors (Lipinski definition) is 6. The fraction of sp³-hybridized carbons (Fsp3) is 0.250. The first-order valence-electron chi connectivity index (χ1n) is 11.5. The van der Waals surface area contributed by atoms with E-state index in [1.54, 1.807) is 22.8 Å². The van der Waals surface area contributed by atoms with Crippen molar-refractivity contribution in [1.82, 2.24) is 18.9 Å². The Morgan fingerprint density at radius 3 is 2.63 bits per heavy atom. The third kappa shape index (κ3) is 4.61. The number of halogens is 1. The maximum atomic E-state index is 13.5. The number of nitrogens with zero attached hydrogens (tertiary/aromatic N) is 4. The molecular formula is C24H25BFN5O3S. The molecule has 11 heteroatoms. The Labute approximate surface area is 203 Å². The van der Waals surface area contributed by atoms with Crippen LogP contribution in [-0.2, 0) is 10.0 Å². The van der Waals surface area contributed by atoms with Crippen molar-refractivity contribution in [2.75, 3.05) is 25.0 Å². The monoisotopic (exact) mass is 493 g/mol. The van der Waals surface area contributed by atoms with Crippen molar-refractivity contribution in [3.05, 3.63) is 66.6 Å². The Morgan fingerprint density at radius 2 is 1.89 bits per heavy atom. The van der Waals surface area contributed by atoms with Crippen molar-refractivity contribution in [3.63, 3.8) is 0 Å². The van der Waals surface area contributed by atoms with E-state index in [4.69, 9.17) is 4.98 Å². The number of phenols is 1.